The van der Waals surface area contributed by atoms with E-state index in [1.165, 1.54) is 6.92 Å². The zero-order valence-electron chi connectivity index (χ0n) is 40.1. The quantitative estimate of drug-likeness (QED) is 0.0221. The summed E-state index contributed by atoms with van der Waals surface area (Å²) >= 11 is 0. The van der Waals surface area contributed by atoms with Crippen molar-refractivity contribution in [2.24, 2.45) is 51.8 Å². The molecule has 0 aromatic carbocycles. The van der Waals surface area contributed by atoms with Gasteiger partial charge in [-0.15, -0.1) is 5.10 Å². The molecule has 0 spiro atoms. The number of hydrogen-bond donors (Lipinski definition) is 9. The fraction of sp³-hybridized carbons (Fsp3) is 0.711. The molecule has 2 aliphatic rings. The van der Waals surface area contributed by atoms with Crippen LogP contribution in [-0.2, 0) is 67.3 Å². The van der Waals surface area contributed by atoms with Gasteiger partial charge in [0, 0.05) is 70.5 Å². The lowest BCUT2D eigenvalue weighted by Gasteiger charge is -2.22. The topological polar surface area (TPSA) is 381 Å². The molecule has 69 heavy (non-hydrogen) atoms. The Labute approximate surface area is 401 Å². The van der Waals surface area contributed by atoms with Crippen molar-refractivity contribution in [1.29, 1.82) is 0 Å². The van der Waals surface area contributed by atoms with Crippen molar-refractivity contribution in [2.45, 2.75) is 135 Å². The number of nitrogens with zero attached hydrogens (tertiary/aromatic N) is 4. The molecular formula is C45H72N12O12. The summed E-state index contributed by atoms with van der Waals surface area (Å²) in [6, 6.07) is -2.38. The number of ether oxygens (including phenoxy) is 1. The van der Waals surface area contributed by atoms with E-state index in [1.807, 2.05) is 4.68 Å². The highest BCUT2D eigenvalue weighted by atomic mass is 16.5. The van der Waals surface area contributed by atoms with Crippen molar-refractivity contribution >= 4 is 64.7 Å². The summed E-state index contributed by atoms with van der Waals surface area (Å²) in [6.45, 7) is 2.85. The predicted molar refractivity (Wildman–Crippen MR) is 248 cm³/mol. The van der Waals surface area contributed by atoms with Crippen LogP contribution in [0.3, 0.4) is 0 Å². The van der Waals surface area contributed by atoms with E-state index in [4.69, 9.17) is 21.9 Å². The number of aliphatic hydroxyl groups excluding tert-OH is 1. The maximum atomic E-state index is 13.2. The highest BCUT2D eigenvalue weighted by molar-refractivity contribution is 5.95. The molecule has 12 N–H and O–H groups in total. The molecule has 7 atom stereocenters. The van der Waals surface area contributed by atoms with Gasteiger partial charge in [0.2, 0.25) is 29.5 Å². The Kier molecular flexibility index (Phi) is 24.4. The van der Waals surface area contributed by atoms with E-state index in [0.29, 0.717) is 43.7 Å². The average molecular weight is 973 g/mol. The Balaban J connectivity index is 1.30. The summed E-state index contributed by atoms with van der Waals surface area (Å²) in [4.78, 5) is 128. The second-order valence-electron chi connectivity index (χ2n) is 17.9. The third-order valence-electron chi connectivity index (χ3n) is 12.6. The number of carbonyl (C=O) groups is 10. The summed E-state index contributed by atoms with van der Waals surface area (Å²) in [5, 5.41) is 31.1. The molecule has 2 aliphatic carbocycles. The molecule has 1 aromatic rings. The number of nitrogens with two attached hydrogens (primary N) is 3. The zero-order chi connectivity index (χ0) is 51.0. The number of hydrogen-bond acceptors (Lipinski definition) is 15. The Morgan fingerprint density at radius 2 is 1.46 bits per heavy atom. The first-order chi connectivity index (χ1) is 32.8. The molecule has 24 nitrogen and oxygen atoms in total. The number of ketones is 4. The maximum Gasteiger partial charge on any atom is 0.406 e. The standard InChI is InChI=1S/C45H72N12O12/c1-26(7-4-5-20-57-37-15-13-32-31(12-14-35(37)55-56-57)33(32)25-69-45(68)49-3)42(66)52-23-30(61)10-17-40(64)51-22-29(60)11-18-41(65)53-36(24-58)38(62)21-28(9-16-39(46)63)43(67)54-34(27(2)59)8-6-19-50-44(47)48/h26,28,31-34,36,58H,4-25H2,1-3H3,(H2,46,63)(H,49,68)(H,51,64)(H,52,66)(H,53,65)(H,54,67)(H4,47,48,50)/t26-,28+,31+,32-,33+,34-,36-/m0/s1. The van der Waals surface area contributed by atoms with Crippen molar-refractivity contribution in [2.75, 3.05) is 39.9 Å². The number of rotatable bonds is 33. The van der Waals surface area contributed by atoms with Crippen LogP contribution < -0.4 is 43.8 Å². The first-order valence-electron chi connectivity index (χ1n) is 23.7. The van der Waals surface area contributed by atoms with Gasteiger partial charge in [0.25, 0.3) is 0 Å². The number of aliphatic hydroxyl groups is 1. The van der Waals surface area contributed by atoms with Crippen LogP contribution in [-0.4, -0.2) is 137 Å². The normalized spacial score (nSPS) is 17.6. The molecule has 0 aliphatic heterocycles. The molecule has 3 rings (SSSR count). The summed E-state index contributed by atoms with van der Waals surface area (Å²) < 4.78 is 7.26. The molecule has 0 radical (unpaired) electrons. The minimum absolute atomic E-state index is 0.132. The van der Waals surface area contributed by atoms with Gasteiger partial charge in [-0.25, -0.2) is 9.48 Å². The van der Waals surface area contributed by atoms with E-state index >= 15 is 0 Å². The van der Waals surface area contributed by atoms with E-state index in [-0.39, 0.29) is 81.0 Å². The largest absolute Gasteiger partial charge is 0.449 e. The fourth-order valence-electron chi connectivity index (χ4n) is 8.36. The Bertz CT molecular complexity index is 2000. The Hall–Kier alpha value is -6.33. The van der Waals surface area contributed by atoms with Gasteiger partial charge in [0.1, 0.15) is 6.04 Å². The number of primary amides is 1. The third-order valence-corrected chi connectivity index (χ3v) is 12.6. The lowest BCUT2D eigenvalue weighted by molar-refractivity contribution is -0.134. The minimum Gasteiger partial charge on any atom is -0.449 e. The lowest BCUT2D eigenvalue weighted by Crippen LogP contribution is -2.47. The van der Waals surface area contributed by atoms with Crippen molar-refractivity contribution in [3.8, 4) is 0 Å². The number of fused-ring (bicyclic) bond motifs is 2. The zero-order valence-corrected chi connectivity index (χ0v) is 40.1. The van der Waals surface area contributed by atoms with Crippen LogP contribution in [0.1, 0.15) is 115 Å². The van der Waals surface area contributed by atoms with Crippen LogP contribution in [0.2, 0.25) is 0 Å². The van der Waals surface area contributed by atoms with E-state index in [2.05, 4.69) is 41.9 Å². The van der Waals surface area contributed by atoms with Crippen molar-refractivity contribution in [3.05, 3.63) is 11.4 Å². The van der Waals surface area contributed by atoms with Gasteiger partial charge in [0.15, 0.2) is 29.1 Å². The van der Waals surface area contributed by atoms with Gasteiger partial charge >= 0.3 is 6.09 Å². The van der Waals surface area contributed by atoms with Gasteiger partial charge in [0.05, 0.1) is 43.7 Å². The maximum absolute atomic E-state index is 13.2. The molecule has 0 unspecified atom stereocenters. The van der Waals surface area contributed by atoms with Gasteiger partial charge in [-0.2, -0.15) is 0 Å². The number of amides is 6. The number of unbranched alkanes of at least 4 members (excludes halogenated alkanes) is 1. The summed E-state index contributed by atoms with van der Waals surface area (Å²) in [7, 11) is 1.55. The fourth-order valence-corrected chi connectivity index (χ4v) is 8.36. The number of nitrogens with one attached hydrogen (secondary N) is 5. The first kappa shape index (κ1) is 57.0. The predicted octanol–water partition coefficient (Wildman–Crippen LogP) is -1.44. The van der Waals surface area contributed by atoms with Gasteiger partial charge in [-0.05, 0) is 82.5 Å². The molecule has 1 fully saturated rings. The van der Waals surface area contributed by atoms with Gasteiger partial charge < -0.3 is 53.6 Å². The molecule has 1 aromatic heterocycles. The van der Waals surface area contributed by atoms with Gasteiger partial charge in [-0.1, -0.05) is 18.6 Å². The SMILES string of the molecule is CNC(=O)OC[C@@H]1[C@@H]2CCc3nnn(CCCC[C@H](C)C(=O)NCC(=O)CCC(=O)NCC(=O)CCC(=O)N[C@@H](CO)C(=O)C[C@@H](CCC(N)=O)C(=O)N[C@@H](CCCN=C(N)N)C(C)=O)c3CC[C@@H]21. The minimum atomic E-state index is -1.45. The molecule has 6 amide bonds. The van der Waals surface area contributed by atoms with Crippen molar-refractivity contribution < 1.29 is 57.8 Å². The third kappa shape index (κ3) is 20.8. The smallest absolute Gasteiger partial charge is 0.406 e. The number of carbonyl (C=O) groups excluding carboxylic acids is 10. The number of aliphatic imine (C=N–C) groups is 1. The van der Waals surface area contributed by atoms with E-state index in [9.17, 15) is 53.1 Å². The van der Waals surface area contributed by atoms with E-state index in [0.717, 1.165) is 49.9 Å². The molecule has 24 heteroatoms. The second kappa shape index (κ2) is 29.5. The molecule has 384 valence electrons. The number of aryl methyl sites for hydroxylation is 2. The van der Waals surface area contributed by atoms with E-state index in [1.54, 1.807) is 14.0 Å². The highest BCUT2D eigenvalue weighted by Crippen LogP contribution is 2.53. The van der Waals surface area contributed by atoms with Crippen molar-refractivity contribution in [1.82, 2.24) is 41.6 Å². The monoisotopic (exact) mass is 973 g/mol. The van der Waals surface area contributed by atoms with Crippen LogP contribution in [0, 0.1) is 29.6 Å². The molecule has 1 heterocycles. The van der Waals surface area contributed by atoms with Crippen LogP contribution in [0.15, 0.2) is 4.99 Å². The van der Waals surface area contributed by atoms with E-state index < -0.39 is 85.3 Å². The summed E-state index contributed by atoms with van der Waals surface area (Å²) in [6.07, 6.45) is 3.92. The summed E-state index contributed by atoms with van der Waals surface area (Å²) in [5.74, 6) is -5.25. The van der Waals surface area contributed by atoms with Crippen LogP contribution in [0.25, 0.3) is 0 Å². The Morgan fingerprint density at radius 3 is 2.10 bits per heavy atom. The van der Waals surface area contributed by atoms with Crippen LogP contribution in [0.5, 0.6) is 0 Å². The summed E-state index contributed by atoms with van der Waals surface area (Å²) in [5.41, 5.74) is 18.0. The van der Waals surface area contributed by atoms with Crippen molar-refractivity contribution in [3.63, 3.8) is 0 Å². The molecule has 0 saturated heterocycles. The van der Waals surface area contributed by atoms with Gasteiger partial charge in [-0.3, -0.25) is 48.1 Å². The van der Waals surface area contributed by atoms with Crippen LogP contribution in [0.4, 0.5) is 4.79 Å². The number of aromatic nitrogens is 3. The highest BCUT2D eigenvalue weighted by Gasteiger charge is 2.50. The Morgan fingerprint density at radius 1 is 0.797 bits per heavy atom. The van der Waals surface area contributed by atoms with Crippen LogP contribution >= 0.6 is 0 Å². The first-order valence-corrected chi connectivity index (χ1v) is 23.7. The average Bonchev–Trinajstić information content (AvgIpc) is 3.82. The number of Topliss-reactive ketones (excluding diaryl/α,β-unsaturated/α-hetero) is 4. The second-order valence-corrected chi connectivity index (χ2v) is 17.9. The number of alkyl carbamates (subject to hydrolysis) is 1. The lowest BCUT2D eigenvalue weighted by atomic mass is 9.92. The molecule has 1 saturated carbocycles. The molecular weight excluding hydrogens is 901 g/mol. The molecule has 0 bridgehead atoms. The number of guanidine groups is 1.